The Morgan fingerprint density at radius 2 is 1.88 bits per heavy atom. The van der Waals surface area contributed by atoms with E-state index < -0.39 is 12.7 Å². The molecular formula is C15H20F3N3O3. The second-order valence-corrected chi connectivity index (χ2v) is 5.69. The van der Waals surface area contributed by atoms with Gasteiger partial charge in [-0.2, -0.15) is 13.2 Å². The number of furan rings is 1. The summed E-state index contributed by atoms with van der Waals surface area (Å²) in [4.78, 5) is 24.9. The average molecular weight is 347 g/mol. The van der Waals surface area contributed by atoms with E-state index in [1.807, 2.05) is 0 Å². The molecule has 1 aromatic rings. The molecule has 0 bridgehead atoms. The summed E-state index contributed by atoms with van der Waals surface area (Å²) in [6, 6.07) is 3.13. The van der Waals surface area contributed by atoms with E-state index in [2.05, 4.69) is 10.6 Å². The van der Waals surface area contributed by atoms with Crippen LogP contribution >= 0.6 is 0 Å². The third kappa shape index (κ3) is 5.88. The monoisotopic (exact) mass is 347 g/mol. The van der Waals surface area contributed by atoms with Crippen molar-refractivity contribution in [3.63, 3.8) is 0 Å². The Hall–Kier alpha value is -2.03. The van der Waals surface area contributed by atoms with Crippen LogP contribution in [-0.2, 0) is 4.79 Å². The van der Waals surface area contributed by atoms with Crippen molar-refractivity contribution >= 4 is 11.8 Å². The number of carbonyl (C=O) groups is 2. The van der Waals surface area contributed by atoms with Crippen LogP contribution in [0.25, 0.3) is 0 Å². The normalized spacial score (nSPS) is 16.8. The lowest BCUT2D eigenvalue weighted by atomic mass is 9.96. The molecule has 9 heteroatoms. The van der Waals surface area contributed by atoms with E-state index in [-0.39, 0.29) is 49.7 Å². The second-order valence-electron chi connectivity index (χ2n) is 5.69. The first-order valence-electron chi connectivity index (χ1n) is 7.73. The number of piperidine rings is 1. The molecule has 0 spiro atoms. The molecule has 2 rings (SSSR count). The van der Waals surface area contributed by atoms with Crippen LogP contribution < -0.4 is 10.6 Å². The molecule has 6 nitrogen and oxygen atoms in total. The molecule has 2 amide bonds. The van der Waals surface area contributed by atoms with Gasteiger partial charge in [0.15, 0.2) is 5.76 Å². The van der Waals surface area contributed by atoms with Gasteiger partial charge in [-0.3, -0.25) is 14.5 Å². The van der Waals surface area contributed by atoms with Crippen molar-refractivity contribution in [2.45, 2.75) is 19.0 Å². The third-order valence-corrected chi connectivity index (χ3v) is 3.82. The van der Waals surface area contributed by atoms with Crippen LogP contribution in [0.15, 0.2) is 22.8 Å². The van der Waals surface area contributed by atoms with Gasteiger partial charge < -0.3 is 15.1 Å². The standard InChI is InChI=1S/C15H20F3N3O3/c16-15(17,18)10-21-7-3-11(4-8-21)13(22)19-5-6-20-14(23)12-2-1-9-24-12/h1-2,9,11H,3-8,10H2,(H,19,22)(H,20,23). The lowest BCUT2D eigenvalue weighted by Gasteiger charge is -2.31. The molecule has 1 fully saturated rings. The maximum absolute atomic E-state index is 12.3. The third-order valence-electron chi connectivity index (χ3n) is 3.82. The van der Waals surface area contributed by atoms with Crippen LogP contribution in [0.5, 0.6) is 0 Å². The summed E-state index contributed by atoms with van der Waals surface area (Å²) in [6.45, 7) is 0.0893. The molecule has 1 aliphatic rings. The minimum Gasteiger partial charge on any atom is -0.459 e. The number of alkyl halides is 3. The quantitative estimate of drug-likeness (QED) is 0.763. The number of rotatable bonds is 6. The number of halogens is 3. The second kappa shape index (κ2) is 8.18. The van der Waals surface area contributed by atoms with Crippen molar-refractivity contribution in [1.82, 2.24) is 15.5 Å². The molecule has 1 aliphatic heterocycles. The van der Waals surface area contributed by atoms with Gasteiger partial charge in [0, 0.05) is 19.0 Å². The lowest BCUT2D eigenvalue weighted by Crippen LogP contribution is -2.44. The van der Waals surface area contributed by atoms with Crippen LogP contribution in [0.2, 0.25) is 0 Å². The molecule has 24 heavy (non-hydrogen) atoms. The van der Waals surface area contributed by atoms with Crippen LogP contribution in [0.3, 0.4) is 0 Å². The van der Waals surface area contributed by atoms with Crippen molar-refractivity contribution < 1.29 is 27.2 Å². The predicted molar refractivity (Wildman–Crippen MR) is 79.3 cm³/mol. The van der Waals surface area contributed by atoms with Gasteiger partial charge in [-0.25, -0.2) is 0 Å². The molecule has 0 aliphatic carbocycles. The largest absolute Gasteiger partial charge is 0.459 e. The number of amides is 2. The first kappa shape index (κ1) is 18.3. The van der Waals surface area contributed by atoms with Gasteiger partial charge in [0.25, 0.3) is 5.91 Å². The van der Waals surface area contributed by atoms with Crippen molar-refractivity contribution in [2.75, 3.05) is 32.7 Å². The zero-order valence-corrected chi connectivity index (χ0v) is 13.1. The topological polar surface area (TPSA) is 74.6 Å². The minimum absolute atomic E-state index is 0.186. The molecule has 0 saturated carbocycles. The van der Waals surface area contributed by atoms with Crippen molar-refractivity contribution in [1.29, 1.82) is 0 Å². The van der Waals surface area contributed by atoms with E-state index in [0.717, 1.165) is 0 Å². The highest BCUT2D eigenvalue weighted by Crippen LogP contribution is 2.22. The zero-order valence-electron chi connectivity index (χ0n) is 13.1. The van der Waals surface area contributed by atoms with E-state index in [9.17, 15) is 22.8 Å². The van der Waals surface area contributed by atoms with Gasteiger partial charge in [-0.15, -0.1) is 0 Å². The van der Waals surface area contributed by atoms with E-state index in [4.69, 9.17) is 4.42 Å². The highest BCUT2D eigenvalue weighted by atomic mass is 19.4. The van der Waals surface area contributed by atoms with Crippen LogP contribution in [0, 0.1) is 5.92 Å². The Bertz CT molecular complexity index is 538. The zero-order chi connectivity index (χ0) is 17.6. The maximum atomic E-state index is 12.3. The number of carbonyl (C=O) groups excluding carboxylic acids is 2. The van der Waals surface area contributed by atoms with Gasteiger partial charge in [0.2, 0.25) is 5.91 Å². The highest BCUT2D eigenvalue weighted by molar-refractivity contribution is 5.91. The van der Waals surface area contributed by atoms with Crippen LogP contribution in [-0.4, -0.2) is 55.6 Å². The summed E-state index contributed by atoms with van der Waals surface area (Å²) < 4.78 is 41.8. The SMILES string of the molecule is O=C(NCCNC(=O)C1CCN(CC(F)(F)F)CC1)c1ccco1. The van der Waals surface area contributed by atoms with E-state index in [1.54, 1.807) is 6.07 Å². The van der Waals surface area contributed by atoms with Gasteiger partial charge in [0.05, 0.1) is 12.8 Å². The summed E-state index contributed by atoms with van der Waals surface area (Å²) in [7, 11) is 0. The van der Waals surface area contributed by atoms with Crippen molar-refractivity contribution in [2.24, 2.45) is 5.92 Å². The molecule has 0 radical (unpaired) electrons. The van der Waals surface area contributed by atoms with Gasteiger partial charge in [-0.05, 0) is 38.1 Å². The summed E-state index contributed by atoms with van der Waals surface area (Å²) in [5.41, 5.74) is 0. The highest BCUT2D eigenvalue weighted by Gasteiger charge is 2.33. The molecular weight excluding hydrogens is 327 g/mol. The summed E-state index contributed by atoms with van der Waals surface area (Å²) in [5.74, 6) is -0.641. The Labute approximate surface area is 137 Å². The molecule has 1 aromatic heterocycles. The van der Waals surface area contributed by atoms with Gasteiger partial charge in [-0.1, -0.05) is 0 Å². The van der Waals surface area contributed by atoms with Crippen molar-refractivity contribution in [3.05, 3.63) is 24.2 Å². The average Bonchev–Trinajstić information content (AvgIpc) is 3.04. The van der Waals surface area contributed by atoms with Gasteiger partial charge in [0.1, 0.15) is 0 Å². The number of nitrogens with zero attached hydrogens (tertiary/aromatic N) is 1. The smallest absolute Gasteiger partial charge is 0.401 e. The molecule has 0 unspecified atom stereocenters. The molecule has 0 atom stereocenters. The number of hydrogen-bond acceptors (Lipinski definition) is 4. The minimum atomic E-state index is -4.21. The fourth-order valence-electron chi connectivity index (χ4n) is 2.61. The number of likely N-dealkylation sites (tertiary alicyclic amines) is 1. The Morgan fingerprint density at radius 3 is 2.46 bits per heavy atom. The number of hydrogen-bond donors (Lipinski definition) is 2. The van der Waals surface area contributed by atoms with E-state index >= 15 is 0 Å². The fourth-order valence-corrected chi connectivity index (χ4v) is 2.61. The van der Waals surface area contributed by atoms with E-state index in [0.29, 0.717) is 12.8 Å². The molecule has 0 aromatic carbocycles. The number of nitrogens with one attached hydrogen (secondary N) is 2. The van der Waals surface area contributed by atoms with Gasteiger partial charge >= 0.3 is 6.18 Å². The Balaban J connectivity index is 1.61. The molecule has 2 heterocycles. The molecule has 2 N–H and O–H groups in total. The fraction of sp³-hybridized carbons (Fsp3) is 0.600. The van der Waals surface area contributed by atoms with E-state index in [1.165, 1.54) is 17.2 Å². The summed E-state index contributed by atoms with van der Waals surface area (Å²) >= 11 is 0. The molecule has 1 saturated heterocycles. The Morgan fingerprint density at radius 1 is 1.21 bits per heavy atom. The lowest BCUT2D eigenvalue weighted by molar-refractivity contribution is -0.149. The Kier molecular flexibility index (Phi) is 6.24. The van der Waals surface area contributed by atoms with Crippen molar-refractivity contribution in [3.8, 4) is 0 Å². The van der Waals surface area contributed by atoms with Crippen LogP contribution in [0.4, 0.5) is 13.2 Å². The summed E-state index contributed by atoms with van der Waals surface area (Å²) in [6.07, 6.45) is -2.01. The summed E-state index contributed by atoms with van der Waals surface area (Å²) in [5, 5.41) is 5.29. The van der Waals surface area contributed by atoms with Crippen LogP contribution in [0.1, 0.15) is 23.4 Å². The molecule has 134 valence electrons. The first-order valence-corrected chi connectivity index (χ1v) is 7.73. The maximum Gasteiger partial charge on any atom is 0.401 e. The first-order chi connectivity index (χ1) is 11.3. The predicted octanol–water partition coefficient (Wildman–Crippen LogP) is 1.40.